The van der Waals surface area contributed by atoms with Crippen molar-refractivity contribution >= 4 is 29.0 Å². The first-order valence-electron chi connectivity index (χ1n) is 6.61. The minimum absolute atomic E-state index is 0.0276. The van der Waals surface area contributed by atoms with E-state index in [0.29, 0.717) is 16.8 Å². The number of halogens is 1. The molecule has 116 valence electrons. The Hall–Kier alpha value is -1.74. The van der Waals surface area contributed by atoms with E-state index in [1.165, 1.54) is 23.7 Å². The zero-order valence-electron chi connectivity index (χ0n) is 11.4. The van der Waals surface area contributed by atoms with E-state index in [0.717, 1.165) is 11.3 Å². The molecule has 2 aromatic heterocycles. The predicted molar refractivity (Wildman–Crippen MR) is 83.2 cm³/mol. The average Bonchev–Trinajstić information content (AvgIpc) is 3.19. The largest absolute Gasteiger partial charge is 0.465 e. The van der Waals surface area contributed by atoms with Gasteiger partial charge < -0.3 is 4.42 Å². The van der Waals surface area contributed by atoms with Crippen LogP contribution in [-0.4, -0.2) is 28.7 Å². The molecular weight excluding hydrogens is 328 g/mol. The summed E-state index contributed by atoms with van der Waals surface area (Å²) in [5.74, 6) is 0.452. The molecule has 0 radical (unpaired) electrons. The smallest absolute Gasteiger partial charge is 0.281 e. The number of thiazole rings is 1. The second-order valence-corrected chi connectivity index (χ2v) is 6.53. The number of aromatic nitrogens is 1. The van der Waals surface area contributed by atoms with Gasteiger partial charge in [0.1, 0.15) is 5.76 Å². The summed E-state index contributed by atoms with van der Waals surface area (Å²) in [4.78, 5) is 15.9. The molecule has 1 aliphatic heterocycles. The molecule has 1 saturated heterocycles. The summed E-state index contributed by atoms with van der Waals surface area (Å²) in [7, 11) is 0. The van der Waals surface area contributed by atoms with Crippen LogP contribution in [0.5, 0.6) is 0 Å². The topological polar surface area (TPSA) is 93.2 Å². The Balaban J connectivity index is 1.68. The average molecular weight is 341 g/mol. The van der Waals surface area contributed by atoms with E-state index in [-0.39, 0.29) is 11.7 Å². The molecule has 0 aromatic carbocycles. The first-order valence-corrected chi connectivity index (χ1v) is 7.80. The Morgan fingerprint density at radius 1 is 1.68 bits per heavy atom. The van der Waals surface area contributed by atoms with Gasteiger partial charge in [-0.3, -0.25) is 20.7 Å². The number of furan rings is 1. The molecule has 0 amide bonds. The van der Waals surface area contributed by atoms with Crippen LogP contribution in [0.25, 0.3) is 6.08 Å². The molecule has 0 saturated carbocycles. The van der Waals surface area contributed by atoms with E-state index in [9.17, 15) is 10.1 Å². The summed E-state index contributed by atoms with van der Waals surface area (Å²) in [5, 5.41) is 17.6. The van der Waals surface area contributed by atoms with Crippen LogP contribution in [0.3, 0.4) is 0 Å². The maximum absolute atomic E-state index is 11.3. The molecule has 3 rings (SSSR count). The lowest BCUT2D eigenvalue weighted by atomic mass is 10.2. The second-order valence-electron chi connectivity index (χ2n) is 4.83. The molecule has 1 fully saturated rings. The third-order valence-corrected chi connectivity index (χ3v) is 4.42. The van der Waals surface area contributed by atoms with Crippen molar-refractivity contribution in [3.63, 3.8) is 0 Å². The summed E-state index contributed by atoms with van der Waals surface area (Å²) >= 11 is 7.23. The first kappa shape index (κ1) is 15.2. The molecule has 3 heterocycles. The lowest BCUT2D eigenvalue weighted by molar-refractivity contribution is -0.429. The maximum atomic E-state index is 11.3. The lowest BCUT2D eigenvalue weighted by Crippen LogP contribution is -2.38. The third kappa shape index (κ3) is 3.53. The molecule has 2 atom stereocenters. The van der Waals surface area contributed by atoms with Gasteiger partial charge in [-0.1, -0.05) is 11.6 Å². The molecule has 2 N–H and O–H groups in total. The van der Waals surface area contributed by atoms with Gasteiger partial charge in [0.2, 0.25) is 0 Å². The van der Waals surface area contributed by atoms with E-state index in [1.807, 2.05) is 0 Å². The van der Waals surface area contributed by atoms with Gasteiger partial charge in [0.25, 0.3) is 5.70 Å². The van der Waals surface area contributed by atoms with Crippen molar-refractivity contribution in [2.45, 2.75) is 18.6 Å². The van der Waals surface area contributed by atoms with E-state index in [1.54, 1.807) is 18.3 Å². The van der Waals surface area contributed by atoms with E-state index in [2.05, 4.69) is 15.6 Å². The Bertz CT molecular complexity index is 685. The third-order valence-electron chi connectivity index (χ3n) is 3.28. The molecule has 22 heavy (non-hydrogen) atoms. The fraction of sp³-hybridized carbons (Fsp3) is 0.308. The monoisotopic (exact) mass is 340 g/mol. The minimum atomic E-state index is -0.520. The molecule has 0 bridgehead atoms. The Kier molecular flexibility index (Phi) is 4.53. The normalized spacial score (nSPS) is 22.1. The van der Waals surface area contributed by atoms with Crippen LogP contribution in [0.15, 0.2) is 34.7 Å². The van der Waals surface area contributed by atoms with Crippen LogP contribution >= 0.6 is 22.9 Å². The molecule has 2 aromatic rings. The predicted octanol–water partition coefficient (Wildman–Crippen LogP) is 2.14. The molecule has 0 aliphatic carbocycles. The highest BCUT2D eigenvalue weighted by atomic mass is 35.5. The van der Waals surface area contributed by atoms with E-state index in [4.69, 9.17) is 16.0 Å². The quantitative estimate of drug-likeness (QED) is 0.640. The van der Waals surface area contributed by atoms with Crippen molar-refractivity contribution in [3.05, 3.63) is 55.5 Å². The highest BCUT2D eigenvalue weighted by molar-refractivity contribution is 7.15. The van der Waals surface area contributed by atoms with Crippen LogP contribution < -0.4 is 10.6 Å². The van der Waals surface area contributed by atoms with Crippen LogP contribution in [-0.2, 0) is 6.42 Å². The zero-order valence-corrected chi connectivity index (χ0v) is 12.9. The molecule has 2 unspecified atom stereocenters. The fourth-order valence-electron chi connectivity index (χ4n) is 2.32. The zero-order chi connectivity index (χ0) is 15.5. The Labute approximate surface area is 135 Å². The standard InChI is InChI=1S/C13H13ClN4O3S/c14-13-16-7-10(22-13)4-8-6-15-12(17-8)11(18(19)20)5-9-2-1-3-21-9/h1-3,5,7-8,12,15,17H,4,6H2/b11-5-. The fourth-order valence-corrected chi connectivity index (χ4v) is 3.37. The Morgan fingerprint density at radius 2 is 2.55 bits per heavy atom. The molecule has 0 spiro atoms. The lowest BCUT2D eigenvalue weighted by Gasteiger charge is -2.10. The number of nitro groups is 1. The van der Waals surface area contributed by atoms with Gasteiger partial charge in [-0.15, -0.1) is 11.3 Å². The van der Waals surface area contributed by atoms with Gasteiger partial charge >= 0.3 is 0 Å². The van der Waals surface area contributed by atoms with Crippen LogP contribution in [0.2, 0.25) is 4.47 Å². The SMILES string of the molecule is O=[N+]([O-])/C(=C\c1ccco1)C1NCC(Cc2cnc(Cl)s2)N1. The molecule has 9 heteroatoms. The summed E-state index contributed by atoms with van der Waals surface area (Å²) < 4.78 is 5.64. The first-order chi connectivity index (χ1) is 10.6. The van der Waals surface area contributed by atoms with E-state index >= 15 is 0 Å². The summed E-state index contributed by atoms with van der Waals surface area (Å²) in [6, 6.07) is 3.45. The van der Waals surface area contributed by atoms with Crippen molar-refractivity contribution in [1.29, 1.82) is 0 Å². The minimum Gasteiger partial charge on any atom is -0.465 e. The highest BCUT2D eigenvalue weighted by Crippen LogP contribution is 2.21. The van der Waals surface area contributed by atoms with Gasteiger partial charge in [0, 0.05) is 30.1 Å². The second kappa shape index (κ2) is 6.57. The highest BCUT2D eigenvalue weighted by Gasteiger charge is 2.33. The maximum Gasteiger partial charge on any atom is 0.281 e. The van der Waals surface area contributed by atoms with Crippen molar-refractivity contribution in [3.8, 4) is 0 Å². The van der Waals surface area contributed by atoms with Gasteiger partial charge in [-0.25, -0.2) is 4.98 Å². The summed E-state index contributed by atoms with van der Waals surface area (Å²) in [6.45, 7) is 0.628. The number of nitrogens with zero attached hydrogens (tertiary/aromatic N) is 2. The molecule has 1 aliphatic rings. The number of hydrogen-bond acceptors (Lipinski definition) is 7. The van der Waals surface area contributed by atoms with Crippen molar-refractivity contribution in [2.75, 3.05) is 6.54 Å². The molecule has 7 nitrogen and oxygen atoms in total. The summed E-state index contributed by atoms with van der Waals surface area (Å²) in [5.41, 5.74) is 0.0276. The number of hydrogen-bond donors (Lipinski definition) is 2. The number of nitrogens with one attached hydrogen (secondary N) is 2. The molecular formula is C13H13ClN4O3S. The van der Waals surface area contributed by atoms with Gasteiger partial charge in [0.15, 0.2) is 10.6 Å². The van der Waals surface area contributed by atoms with Crippen LogP contribution in [0.1, 0.15) is 10.6 Å². The van der Waals surface area contributed by atoms with Crippen LogP contribution in [0, 0.1) is 10.1 Å². The van der Waals surface area contributed by atoms with Gasteiger partial charge in [-0.05, 0) is 12.1 Å². The number of rotatable bonds is 5. The van der Waals surface area contributed by atoms with Gasteiger partial charge in [-0.2, -0.15) is 0 Å². The van der Waals surface area contributed by atoms with Crippen molar-refractivity contribution in [1.82, 2.24) is 15.6 Å². The van der Waals surface area contributed by atoms with Crippen LogP contribution in [0.4, 0.5) is 0 Å². The van der Waals surface area contributed by atoms with Gasteiger partial charge in [0.05, 0.1) is 17.3 Å². The van der Waals surface area contributed by atoms with Crippen molar-refractivity contribution < 1.29 is 9.34 Å². The Morgan fingerprint density at radius 3 is 3.18 bits per heavy atom. The van der Waals surface area contributed by atoms with E-state index < -0.39 is 11.1 Å². The summed E-state index contributed by atoms with van der Waals surface area (Å²) in [6.07, 6.45) is 4.84. The van der Waals surface area contributed by atoms with Crippen molar-refractivity contribution in [2.24, 2.45) is 0 Å².